The first kappa shape index (κ1) is 21.1. The predicted octanol–water partition coefficient (Wildman–Crippen LogP) is 4.99. The molecule has 0 bridgehead atoms. The van der Waals surface area contributed by atoms with E-state index < -0.39 is 17.8 Å². The van der Waals surface area contributed by atoms with Crippen molar-refractivity contribution in [2.75, 3.05) is 11.5 Å². The van der Waals surface area contributed by atoms with E-state index in [9.17, 15) is 14.4 Å². The Morgan fingerprint density at radius 2 is 1.83 bits per heavy atom. The highest BCUT2D eigenvalue weighted by atomic mass is 79.9. The van der Waals surface area contributed by atoms with Gasteiger partial charge in [-0.1, -0.05) is 35.9 Å². The van der Waals surface area contributed by atoms with E-state index in [1.165, 1.54) is 30.3 Å². The molecule has 1 N–H and O–H groups in total. The predicted molar refractivity (Wildman–Crippen MR) is 115 cm³/mol. The number of urea groups is 1. The van der Waals surface area contributed by atoms with Crippen LogP contribution in [0, 0.1) is 0 Å². The summed E-state index contributed by atoms with van der Waals surface area (Å²) in [5.41, 5.74) is 0.529. The van der Waals surface area contributed by atoms with Crippen molar-refractivity contribution in [2.24, 2.45) is 0 Å². The Labute approximate surface area is 184 Å². The van der Waals surface area contributed by atoms with E-state index in [1.807, 2.05) is 0 Å². The number of nitrogens with zero attached hydrogens (tertiary/aromatic N) is 1. The summed E-state index contributed by atoms with van der Waals surface area (Å²) in [6.45, 7) is 3.84. The molecule has 3 rings (SSSR count). The summed E-state index contributed by atoms with van der Waals surface area (Å²) in [5, 5.41) is 2.89. The van der Waals surface area contributed by atoms with Gasteiger partial charge in [-0.05, 0) is 64.0 Å². The number of halogens is 3. The Bertz CT molecular complexity index is 1030. The molecule has 1 aliphatic rings. The van der Waals surface area contributed by atoms with Gasteiger partial charge in [-0.2, -0.15) is 0 Å². The van der Waals surface area contributed by atoms with Gasteiger partial charge in [0.25, 0.3) is 11.8 Å². The number of hydrogen-bond acceptors (Lipinski definition) is 4. The van der Waals surface area contributed by atoms with Crippen molar-refractivity contribution in [3.05, 3.63) is 74.7 Å². The molecule has 29 heavy (non-hydrogen) atoms. The molecule has 0 aromatic heterocycles. The van der Waals surface area contributed by atoms with Crippen LogP contribution < -0.4 is 15.0 Å². The van der Waals surface area contributed by atoms with Gasteiger partial charge >= 0.3 is 6.03 Å². The molecular weight excluding hydrogens is 483 g/mol. The van der Waals surface area contributed by atoms with Crippen LogP contribution in [-0.2, 0) is 9.59 Å². The lowest BCUT2D eigenvalue weighted by Gasteiger charge is -2.26. The lowest BCUT2D eigenvalue weighted by molar-refractivity contribution is -0.122. The van der Waals surface area contributed by atoms with Crippen LogP contribution in [0.4, 0.5) is 10.5 Å². The third-order valence-electron chi connectivity index (χ3n) is 3.86. The summed E-state index contributed by atoms with van der Waals surface area (Å²) in [7, 11) is 0. The highest BCUT2D eigenvalue weighted by Gasteiger charge is 2.36. The zero-order chi connectivity index (χ0) is 21.1. The van der Waals surface area contributed by atoms with Crippen LogP contribution >= 0.6 is 39.1 Å². The van der Waals surface area contributed by atoms with Crippen LogP contribution in [0.5, 0.6) is 5.75 Å². The van der Waals surface area contributed by atoms with Crippen LogP contribution in [0.25, 0.3) is 6.08 Å². The largest absolute Gasteiger partial charge is 0.487 e. The van der Waals surface area contributed by atoms with Crippen molar-refractivity contribution in [3.8, 4) is 5.75 Å². The molecule has 0 atom stereocenters. The number of barbiturate groups is 1. The number of carbonyl (C=O) groups is 3. The molecule has 2 aromatic carbocycles. The number of ether oxygens (including phenoxy) is 1. The van der Waals surface area contributed by atoms with Crippen LogP contribution in [0.1, 0.15) is 5.56 Å². The maximum atomic E-state index is 12.9. The number of rotatable bonds is 5. The first-order valence-electron chi connectivity index (χ1n) is 8.21. The van der Waals surface area contributed by atoms with E-state index in [4.69, 9.17) is 27.9 Å². The minimum absolute atomic E-state index is 0.220. The highest BCUT2D eigenvalue weighted by molar-refractivity contribution is 9.10. The number of imide groups is 2. The lowest BCUT2D eigenvalue weighted by atomic mass is 10.1. The van der Waals surface area contributed by atoms with E-state index in [0.29, 0.717) is 20.8 Å². The molecule has 4 amide bonds. The SMILES string of the molecule is C=CCOc1c(Cl)cc(/C=C2\C(=O)NC(=O)N(c3ccc(Cl)cc3)C2=O)cc1Br. The van der Waals surface area contributed by atoms with Gasteiger partial charge in [0, 0.05) is 5.02 Å². The first-order valence-corrected chi connectivity index (χ1v) is 9.76. The van der Waals surface area contributed by atoms with Gasteiger partial charge in [-0.15, -0.1) is 0 Å². The van der Waals surface area contributed by atoms with Gasteiger partial charge in [0.1, 0.15) is 12.2 Å². The number of benzene rings is 2. The Kier molecular flexibility index (Phi) is 6.42. The van der Waals surface area contributed by atoms with Gasteiger partial charge in [0.15, 0.2) is 5.75 Å². The second-order valence-corrected chi connectivity index (χ2v) is 7.55. The van der Waals surface area contributed by atoms with E-state index in [0.717, 1.165) is 4.90 Å². The third-order valence-corrected chi connectivity index (χ3v) is 4.99. The van der Waals surface area contributed by atoms with E-state index >= 15 is 0 Å². The average Bonchev–Trinajstić information content (AvgIpc) is 2.66. The number of amides is 4. The van der Waals surface area contributed by atoms with E-state index in [-0.39, 0.29) is 22.9 Å². The average molecular weight is 496 g/mol. The minimum Gasteiger partial charge on any atom is -0.487 e. The minimum atomic E-state index is -0.841. The molecule has 0 saturated carbocycles. The molecule has 148 valence electrons. The fraction of sp³-hybridized carbons (Fsp3) is 0.0500. The topological polar surface area (TPSA) is 75.7 Å². The molecule has 0 unspecified atom stereocenters. The lowest BCUT2D eigenvalue weighted by Crippen LogP contribution is -2.54. The first-order chi connectivity index (χ1) is 13.8. The summed E-state index contributed by atoms with van der Waals surface area (Å²) in [4.78, 5) is 38.2. The fourth-order valence-electron chi connectivity index (χ4n) is 2.59. The number of carbonyl (C=O) groups excluding carboxylic acids is 3. The Morgan fingerprint density at radius 1 is 1.14 bits per heavy atom. The number of nitrogens with one attached hydrogen (secondary N) is 1. The van der Waals surface area contributed by atoms with Gasteiger partial charge in [0.05, 0.1) is 15.2 Å². The standard InChI is InChI=1S/C20H13BrCl2N2O4/c1-2-7-29-17-15(21)9-11(10-16(17)23)8-14-18(26)24-20(28)25(19(14)27)13-5-3-12(22)4-6-13/h2-6,8-10H,1,7H2,(H,24,26,28)/b14-8+. The quantitative estimate of drug-likeness (QED) is 0.360. The molecule has 0 spiro atoms. The summed E-state index contributed by atoms with van der Waals surface area (Å²) < 4.78 is 6.01. The molecule has 0 radical (unpaired) electrons. The fourth-order valence-corrected chi connectivity index (χ4v) is 3.71. The van der Waals surface area contributed by atoms with Crippen molar-refractivity contribution in [2.45, 2.75) is 0 Å². The van der Waals surface area contributed by atoms with Crippen molar-refractivity contribution in [1.29, 1.82) is 0 Å². The van der Waals surface area contributed by atoms with Crippen LogP contribution in [-0.4, -0.2) is 24.5 Å². The summed E-state index contributed by atoms with van der Waals surface area (Å²) in [6.07, 6.45) is 2.92. The zero-order valence-corrected chi connectivity index (χ0v) is 17.8. The number of hydrogen-bond donors (Lipinski definition) is 1. The van der Waals surface area contributed by atoms with E-state index in [1.54, 1.807) is 18.2 Å². The Hall–Kier alpha value is -2.61. The van der Waals surface area contributed by atoms with Gasteiger partial charge in [-0.3, -0.25) is 14.9 Å². The third kappa shape index (κ3) is 4.53. The van der Waals surface area contributed by atoms with Crippen LogP contribution in [0.15, 0.2) is 59.1 Å². The van der Waals surface area contributed by atoms with Gasteiger partial charge in [0.2, 0.25) is 0 Å². The molecule has 1 fully saturated rings. The highest BCUT2D eigenvalue weighted by Crippen LogP contribution is 2.35. The maximum Gasteiger partial charge on any atom is 0.335 e. The summed E-state index contributed by atoms with van der Waals surface area (Å²) in [6, 6.07) is 8.43. The number of anilines is 1. The van der Waals surface area contributed by atoms with Gasteiger partial charge in [-0.25, -0.2) is 9.69 Å². The van der Waals surface area contributed by atoms with Crippen molar-refractivity contribution < 1.29 is 19.1 Å². The second-order valence-electron chi connectivity index (χ2n) is 5.85. The Balaban J connectivity index is 1.98. The molecular formula is C20H13BrCl2N2O4. The normalized spacial score (nSPS) is 15.5. The molecule has 2 aromatic rings. The van der Waals surface area contributed by atoms with Crippen molar-refractivity contribution >= 4 is 68.7 Å². The molecule has 1 aliphatic heterocycles. The van der Waals surface area contributed by atoms with Gasteiger partial charge < -0.3 is 4.74 Å². The van der Waals surface area contributed by atoms with Crippen molar-refractivity contribution in [3.63, 3.8) is 0 Å². The summed E-state index contributed by atoms with van der Waals surface area (Å²) in [5.74, 6) is -1.16. The molecule has 1 saturated heterocycles. The second kappa shape index (κ2) is 8.82. The summed E-state index contributed by atoms with van der Waals surface area (Å²) >= 11 is 15.4. The monoisotopic (exact) mass is 494 g/mol. The molecule has 0 aliphatic carbocycles. The zero-order valence-electron chi connectivity index (χ0n) is 14.7. The Morgan fingerprint density at radius 3 is 2.45 bits per heavy atom. The molecule has 9 heteroatoms. The molecule has 6 nitrogen and oxygen atoms in total. The van der Waals surface area contributed by atoms with Crippen LogP contribution in [0.3, 0.4) is 0 Å². The smallest absolute Gasteiger partial charge is 0.335 e. The van der Waals surface area contributed by atoms with E-state index in [2.05, 4.69) is 27.8 Å². The maximum absolute atomic E-state index is 12.9. The molecule has 1 heterocycles. The van der Waals surface area contributed by atoms with Crippen molar-refractivity contribution in [1.82, 2.24) is 5.32 Å². The van der Waals surface area contributed by atoms with Crippen LogP contribution in [0.2, 0.25) is 10.0 Å².